The summed E-state index contributed by atoms with van der Waals surface area (Å²) in [5.74, 6) is -0.750. The third-order valence-electron chi connectivity index (χ3n) is 7.29. The molecule has 4 aromatic heterocycles. The minimum atomic E-state index is -1.11. The molecule has 0 atom stereocenters. The molecular formula is C27H25N5O3. The number of H-pyrrole nitrogens is 1. The van der Waals surface area contributed by atoms with Gasteiger partial charge in [-0.25, -0.2) is 9.78 Å². The SMILES string of the molecule is CO[C@]1(C(=O)O)CC[C@@H](c2nc3c(-c4ccc(-c5ccccc5)nc4)cnn3c3[nH]ccc32)CC1. The number of carboxylic acid groups (broad SMARTS) is 1. The summed E-state index contributed by atoms with van der Waals surface area (Å²) >= 11 is 0. The summed E-state index contributed by atoms with van der Waals surface area (Å²) in [5.41, 5.74) is 5.33. The Morgan fingerprint density at radius 1 is 1.09 bits per heavy atom. The van der Waals surface area contributed by atoms with Crippen molar-refractivity contribution in [2.45, 2.75) is 37.2 Å². The van der Waals surface area contributed by atoms with E-state index in [0.29, 0.717) is 25.7 Å². The number of hydrogen-bond donors (Lipinski definition) is 2. The number of rotatable bonds is 5. The third kappa shape index (κ3) is 3.49. The van der Waals surface area contributed by atoms with E-state index in [2.05, 4.69) is 15.1 Å². The van der Waals surface area contributed by atoms with Gasteiger partial charge in [-0.15, -0.1) is 0 Å². The van der Waals surface area contributed by atoms with Crippen LogP contribution in [-0.2, 0) is 9.53 Å². The van der Waals surface area contributed by atoms with E-state index in [1.54, 1.807) is 0 Å². The normalized spacial score (nSPS) is 20.4. The minimum Gasteiger partial charge on any atom is -0.479 e. The van der Waals surface area contributed by atoms with Gasteiger partial charge in [0.2, 0.25) is 0 Å². The number of carboxylic acids is 1. The highest BCUT2D eigenvalue weighted by atomic mass is 16.5. The number of pyridine rings is 1. The van der Waals surface area contributed by atoms with Crippen LogP contribution < -0.4 is 0 Å². The van der Waals surface area contributed by atoms with Gasteiger partial charge in [0.1, 0.15) is 5.65 Å². The largest absolute Gasteiger partial charge is 0.479 e. The number of fused-ring (bicyclic) bond motifs is 3. The van der Waals surface area contributed by atoms with Crippen LogP contribution in [0.25, 0.3) is 39.1 Å². The number of aromatic amines is 1. The van der Waals surface area contributed by atoms with Crippen LogP contribution in [0.1, 0.15) is 37.3 Å². The van der Waals surface area contributed by atoms with Crippen molar-refractivity contribution in [2.24, 2.45) is 0 Å². The van der Waals surface area contributed by atoms with Crippen molar-refractivity contribution in [3.05, 3.63) is 72.8 Å². The van der Waals surface area contributed by atoms with E-state index in [4.69, 9.17) is 9.72 Å². The van der Waals surface area contributed by atoms with Crippen LogP contribution in [0, 0.1) is 0 Å². The van der Waals surface area contributed by atoms with E-state index in [9.17, 15) is 9.90 Å². The van der Waals surface area contributed by atoms with Crippen molar-refractivity contribution < 1.29 is 14.6 Å². The minimum absolute atomic E-state index is 0.141. The molecule has 0 unspecified atom stereocenters. The Balaban J connectivity index is 1.39. The smallest absolute Gasteiger partial charge is 0.335 e. The van der Waals surface area contributed by atoms with E-state index in [1.165, 1.54) is 7.11 Å². The Hall–Kier alpha value is -4.04. The van der Waals surface area contributed by atoms with Crippen molar-refractivity contribution in [1.82, 2.24) is 24.6 Å². The van der Waals surface area contributed by atoms with Gasteiger partial charge in [0.25, 0.3) is 0 Å². The predicted molar refractivity (Wildman–Crippen MR) is 132 cm³/mol. The second-order valence-electron chi connectivity index (χ2n) is 9.11. The van der Waals surface area contributed by atoms with Crippen LogP contribution >= 0.6 is 0 Å². The van der Waals surface area contributed by atoms with Gasteiger partial charge in [0.05, 0.1) is 17.6 Å². The zero-order chi connectivity index (χ0) is 24.0. The fourth-order valence-electron chi connectivity index (χ4n) is 5.24. The molecular weight excluding hydrogens is 442 g/mol. The predicted octanol–water partition coefficient (Wildman–Crippen LogP) is 5.07. The quantitative estimate of drug-likeness (QED) is 0.374. The van der Waals surface area contributed by atoms with Gasteiger partial charge in [0.15, 0.2) is 11.2 Å². The van der Waals surface area contributed by atoms with E-state index >= 15 is 0 Å². The molecule has 176 valence electrons. The van der Waals surface area contributed by atoms with Gasteiger partial charge in [-0.3, -0.25) is 4.98 Å². The number of carbonyl (C=O) groups is 1. The molecule has 0 bridgehead atoms. The molecule has 1 saturated carbocycles. The Bertz CT molecular complexity index is 1510. The van der Waals surface area contributed by atoms with E-state index < -0.39 is 11.6 Å². The number of hydrogen-bond acceptors (Lipinski definition) is 5. The summed E-state index contributed by atoms with van der Waals surface area (Å²) in [6, 6.07) is 16.2. The first kappa shape index (κ1) is 21.5. The van der Waals surface area contributed by atoms with Crippen molar-refractivity contribution in [3.8, 4) is 22.4 Å². The molecule has 8 nitrogen and oxygen atoms in total. The zero-order valence-corrected chi connectivity index (χ0v) is 19.3. The lowest BCUT2D eigenvalue weighted by molar-refractivity contribution is -0.166. The summed E-state index contributed by atoms with van der Waals surface area (Å²) in [6.45, 7) is 0. The van der Waals surface area contributed by atoms with E-state index in [-0.39, 0.29) is 5.92 Å². The molecule has 6 rings (SSSR count). The van der Waals surface area contributed by atoms with Crippen molar-refractivity contribution in [2.75, 3.05) is 7.11 Å². The molecule has 1 fully saturated rings. The molecule has 2 N–H and O–H groups in total. The number of aromatic nitrogens is 5. The fourth-order valence-corrected chi connectivity index (χ4v) is 5.24. The van der Waals surface area contributed by atoms with Gasteiger partial charge in [-0.05, 0) is 37.8 Å². The molecule has 0 amide bonds. The molecule has 0 aliphatic heterocycles. The maximum absolute atomic E-state index is 11.8. The first-order valence-electron chi connectivity index (χ1n) is 11.7. The van der Waals surface area contributed by atoms with Crippen LogP contribution in [0.4, 0.5) is 0 Å². The fraction of sp³-hybridized carbons (Fsp3) is 0.259. The number of nitrogens with zero attached hydrogens (tertiary/aromatic N) is 4. The van der Waals surface area contributed by atoms with Crippen LogP contribution in [0.15, 0.2) is 67.1 Å². The number of ether oxygens (including phenoxy) is 1. The molecule has 4 heterocycles. The first-order valence-corrected chi connectivity index (χ1v) is 11.7. The lowest BCUT2D eigenvalue weighted by atomic mass is 9.77. The third-order valence-corrected chi connectivity index (χ3v) is 7.29. The van der Waals surface area contributed by atoms with Gasteiger partial charge >= 0.3 is 5.97 Å². The highest BCUT2D eigenvalue weighted by Crippen LogP contribution is 2.42. The lowest BCUT2D eigenvalue weighted by Gasteiger charge is -2.35. The maximum Gasteiger partial charge on any atom is 0.335 e. The maximum atomic E-state index is 11.8. The van der Waals surface area contributed by atoms with Crippen LogP contribution in [0.5, 0.6) is 0 Å². The summed E-state index contributed by atoms with van der Waals surface area (Å²) < 4.78 is 7.26. The van der Waals surface area contributed by atoms with Crippen LogP contribution in [-0.4, -0.2) is 48.4 Å². The molecule has 1 aliphatic carbocycles. The Morgan fingerprint density at radius 2 is 1.89 bits per heavy atom. The van der Waals surface area contributed by atoms with E-state index in [1.807, 2.05) is 71.6 Å². The summed E-state index contributed by atoms with van der Waals surface area (Å²) in [7, 11) is 1.48. The van der Waals surface area contributed by atoms with Gasteiger partial charge in [-0.1, -0.05) is 36.4 Å². The summed E-state index contributed by atoms with van der Waals surface area (Å²) in [6.07, 6.45) is 7.89. The average Bonchev–Trinajstić information content (AvgIpc) is 3.56. The number of benzene rings is 1. The second kappa shape index (κ2) is 8.32. The average molecular weight is 468 g/mol. The number of methoxy groups -OCH3 is 1. The molecule has 1 aliphatic rings. The highest BCUT2D eigenvalue weighted by Gasteiger charge is 2.43. The van der Waals surface area contributed by atoms with E-state index in [0.717, 1.165) is 44.8 Å². The first-order chi connectivity index (χ1) is 17.1. The second-order valence-corrected chi connectivity index (χ2v) is 9.11. The Kier molecular flexibility index (Phi) is 5.11. The van der Waals surface area contributed by atoms with Crippen molar-refractivity contribution in [1.29, 1.82) is 0 Å². The van der Waals surface area contributed by atoms with Crippen LogP contribution in [0.3, 0.4) is 0 Å². The number of aliphatic carboxylic acids is 1. The monoisotopic (exact) mass is 467 g/mol. The molecule has 0 spiro atoms. The van der Waals surface area contributed by atoms with Gasteiger partial charge in [-0.2, -0.15) is 9.61 Å². The molecule has 5 aromatic rings. The lowest BCUT2D eigenvalue weighted by Crippen LogP contribution is -2.43. The topological polar surface area (TPSA) is 105 Å². The zero-order valence-electron chi connectivity index (χ0n) is 19.3. The molecule has 35 heavy (non-hydrogen) atoms. The highest BCUT2D eigenvalue weighted by molar-refractivity contribution is 5.86. The summed E-state index contributed by atoms with van der Waals surface area (Å²) in [5, 5.41) is 15.3. The molecule has 0 saturated heterocycles. The number of nitrogens with one attached hydrogen (secondary N) is 1. The van der Waals surface area contributed by atoms with Gasteiger partial charge < -0.3 is 14.8 Å². The standard InChI is InChI=1S/C27H25N5O3/c1-35-27(26(33)34)12-9-18(10-13-27)23-20-11-14-28-24(20)32-25(31-23)21(16-30-32)19-7-8-22(29-15-19)17-5-3-2-4-6-17/h2-8,11,14-16,18,28H,9-10,12-13H2,1H3,(H,33,34)/t18-,27-. The Morgan fingerprint density at radius 3 is 2.57 bits per heavy atom. The molecule has 1 aromatic carbocycles. The van der Waals surface area contributed by atoms with Crippen molar-refractivity contribution in [3.63, 3.8) is 0 Å². The summed E-state index contributed by atoms with van der Waals surface area (Å²) in [4.78, 5) is 24.9. The van der Waals surface area contributed by atoms with Crippen molar-refractivity contribution >= 4 is 22.6 Å². The molecule has 8 heteroatoms. The van der Waals surface area contributed by atoms with Crippen LogP contribution in [0.2, 0.25) is 0 Å². The molecule has 0 radical (unpaired) electrons. The Labute approximate surface area is 201 Å². The van der Waals surface area contributed by atoms with Gasteiger partial charge in [0, 0.05) is 47.5 Å².